The first-order valence-electron chi connectivity index (χ1n) is 16.8. The van der Waals surface area contributed by atoms with Crippen LogP contribution in [0.3, 0.4) is 0 Å². The third-order valence-corrected chi connectivity index (χ3v) is 8.74. The van der Waals surface area contributed by atoms with E-state index in [0.29, 0.717) is 5.71 Å². The van der Waals surface area contributed by atoms with Gasteiger partial charge in [0, 0.05) is 56.3 Å². The van der Waals surface area contributed by atoms with Crippen molar-refractivity contribution in [2.45, 2.75) is 41.5 Å². The molecule has 1 aliphatic carbocycles. The van der Waals surface area contributed by atoms with Gasteiger partial charge in [0.1, 0.15) is 5.71 Å². The Morgan fingerprint density at radius 1 is 0.543 bits per heavy atom. The monoisotopic (exact) mass is 614 g/mol. The first-order chi connectivity index (χ1) is 22.5. The molecule has 0 saturated carbocycles. The van der Waals surface area contributed by atoms with E-state index in [1.807, 2.05) is 24.3 Å². The molecule has 0 atom stereocenters. The van der Waals surface area contributed by atoms with Crippen molar-refractivity contribution in [3.63, 3.8) is 0 Å². The highest BCUT2D eigenvalue weighted by Crippen LogP contribution is 2.30. The molecule has 4 rings (SSSR count). The summed E-state index contributed by atoms with van der Waals surface area (Å²) >= 11 is 0. The summed E-state index contributed by atoms with van der Waals surface area (Å²) in [6.07, 6.45) is 14.3. The average molecular weight is 615 g/mol. The molecule has 3 aromatic carbocycles. The fourth-order valence-electron chi connectivity index (χ4n) is 5.99. The summed E-state index contributed by atoms with van der Waals surface area (Å²) in [5.74, 6) is 0. The highest BCUT2D eigenvalue weighted by atomic mass is 16.4. The Bertz CT molecular complexity index is 1500. The quantitative estimate of drug-likeness (QED) is 0.112. The van der Waals surface area contributed by atoms with E-state index in [4.69, 9.17) is 0 Å². The largest absolute Gasteiger partial charge is 0.410 e. The normalized spacial score (nSPS) is 12.4. The van der Waals surface area contributed by atoms with Crippen molar-refractivity contribution < 1.29 is 5.21 Å². The van der Waals surface area contributed by atoms with Gasteiger partial charge in [-0.3, -0.25) is 0 Å². The summed E-state index contributed by atoms with van der Waals surface area (Å²) < 4.78 is 0. The lowest BCUT2D eigenvalue weighted by Crippen LogP contribution is -2.21. The van der Waals surface area contributed by atoms with E-state index in [2.05, 4.69) is 152 Å². The first kappa shape index (κ1) is 34.1. The Morgan fingerprint density at radius 2 is 0.913 bits per heavy atom. The van der Waals surface area contributed by atoms with Crippen molar-refractivity contribution in [3.8, 4) is 0 Å². The third kappa shape index (κ3) is 8.28. The van der Waals surface area contributed by atoms with Gasteiger partial charge in [0.05, 0.1) is 0 Å². The van der Waals surface area contributed by atoms with E-state index < -0.39 is 0 Å². The standard InChI is InChI=1S/C41H50N4O/c1-7-43(8-2)37-26-18-33(19-27-37)40(32-16-24-36(42-46)25-17-32)14-13-15-41(34-20-28-38(29-21-34)44(9-3)10-4)35-22-30-39(31-23-35)45(11-5)12-6/h13-31,46H,7-12H2,1-6H3. The summed E-state index contributed by atoms with van der Waals surface area (Å²) in [6.45, 7) is 19.0. The summed E-state index contributed by atoms with van der Waals surface area (Å²) in [5.41, 5.74) is 11.0. The molecule has 0 fully saturated rings. The zero-order valence-corrected chi connectivity index (χ0v) is 28.4. The Kier molecular flexibility index (Phi) is 12.7. The molecule has 0 saturated heterocycles. The molecule has 240 valence electrons. The van der Waals surface area contributed by atoms with Gasteiger partial charge in [-0.2, -0.15) is 0 Å². The summed E-state index contributed by atoms with van der Waals surface area (Å²) in [5, 5.41) is 12.6. The van der Waals surface area contributed by atoms with Crippen molar-refractivity contribution in [1.82, 2.24) is 0 Å². The highest BCUT2D eigenvalue weighted by molar-refractivity contribution is 6.06. The second kappa shape index (κ2) is 17.1. The third-order valence-electron chi connectivity index (χ3n) is 8.74. The van der Waals surface area contributed by atoms with E-state index in [0.717, 1.165) is 56.0 Å². The molecule has 5 nitrogen and oxygen atoms in total. The molecule has 1 N–H and O–H groups in total. The van der Waals surface area contributed by atoms with Crippen LogP contribution in [0.25, 0.3) is 11.1 Å². The second-order valence-corrected chi connectivity index (χ2v) is 11.2. The molecular formula is C41H50N4O. The highest BCUT2D eigenvalue weighted by Gasteiger charge is 2.11. The minimum Gasteiger partial charge on any atom is -0.410 e. The molecule has 3 aromatic rings. The second-order valence-electron chi connectivity index (χ2n) is 11.2. The Balaban J connectivity index is 1.78. The van der Waals surface area contributed by atoms with Crippen LogP contribution in [-0.4, -0.2) is 50.2 Å². The molecule has 0 spiro atoms. The van der Waals surface area contributed by atoms with Crippen LogP contribution in [0.15, 0.2) is 126 Å². The molecule has 0 unspecified atom stereocenters. The van der Waals surface area contributed by atoms with Crippen molar-refractivity contribution in [3.05, 3.63) is 138 Å². The van der Waals surface area contributed by atoms with E-state index in [9.17, 15) is 5.21 Å². The lowest BCUT2D eigenvalue weighted by molar-refractivity contribution is 0.320. The minimum atomic E-state index is 0.535. The molecule has 1 aliphatic rings. The Morgan fingerprint density at radius 3 is 1.26 bits per heavy atom. The summed E-state index contributed by atoms with van der Waals surface area (Å²) in [4.78, 5) is 7.09. The van der Waals surface area contributed by atoms with Crippen molar-refractivity contribution in [2.24, 2.45) is 5.16 Å². The number of anilines is 3. The molecule has 0 radical (unpaired) electrons. The summed E-state index contributed by atoms with van der Waals surface area (Å²) in [6, 6.07) is 26.6. The topological polar surface area (TPSA) is 42.3 Å². The fraction of sp³-hybridized carbons (Fsp3) is 0.293. The number of nitrogens with zero attached hydrogens (tertiary/aromatic N) is 4. The van der Waals surface area contributed by atoms with E-state index in [1.54, 1.807) is 0 Å². The van der Waals surface area contributed by atoms with Crippen molar-refractivity contribution in [2.75, 3.05) is 54.0 Å². The number of rotatable bonds is 14. The zero-order chi connectivity index (χ0) is 32.9. The number of benzene rings is 3. The van der Waals surface area contributed by atoms with Crippen LogP contribution in [0, 0.1) is 0 Å². The van der Waals surface area contributed by atoms with Crippen molar-refractivity contribution in [1.29, 1.82) is 0 Å². The lowest BCUT2D eigenvalue weighted by atomic mass is 9.94. The smallest absolute Gasteiger partial charge is 0.102 e. The molecule has 5 heteroatoms. The Labute approximate surface area is 276 Å². The Hall–Kier alpha value is -4.77. The van der Waals surface area contributed by atoms with Crippen molar-refractivity contribution >= 4 is 33.9 Å². The number of oxime groups is 1. The molecule has 0 aliphatic heterocycles. The van der Waals surface area contributed by atoms with Gasteiger partial charge in [0.15, 0.2) is 0 Å². The van der Waals surface area contributed by atoms with Crippen LogP contribution < -0.4 is 14.7 Å². The van der Waals surface area contributed by atoms with Gasteiger partial charge >= 0.3 is 0 Å². The van der Waals surface area contributed by atoms with Crippen LogP contribution >= 0.6 is 0 Å². The minimum absolute atomic E-state index is 0.535. The molecule has 0 bridgehead atoms. The number of hydrogen-bond donors (Lipinski definition) is 1. The fourth-order valence-corrected chi connectivity index (χ4v) is 5.99. The van der Waals surface area contributed by atoms with Gasteiger partial charge < -0.3 is 19.9 Å². The predicted molar refractivity (Wildman–Crippen MR) is 201 cm³/mol. The van der Waals surface area contributed by atoms with Gasteiger partial charge in [-0.15, -0.1) is 0 Å². The van der Waals surface area contributed by atoms with Crippen LogP contribution in [-0.2, 0) is 0 Å². The molecule has 0 aromatic heterocycles. The SMILES string of the molecule is CCN(CC)c1ccc(C(=CC=CC(=C2C=CC(=NO)C=C2)c2ccc(N(CC)CC)cc2)c2ccc(N(CC)CC)cc2)cc1. The van der Waals surface area contributed by atoms with Gasteiger partial charge in [0.2, 0.25) is 0 Å². The molecule has 46 heavy (non-hydrogen) atoms. The van der Waals surface area contributed by atoms with E-state index >= 15 is 0 Å². The van der Waals surface area contributed by atoms with Crippen LogP contribution in [0.2, 0.25) is 0 Å². The van der Waals surface area contributed by atoms with Gasteiger partial charge in [-0.05, 0) is 124 Å². The van der Waals surface area contributed by atoms with E-state index in [1.165, 1.54) is 33.8 Å². The first-order valence-corrected chi connectivity index (χ1v) is 16.8. The maximum atomic E-state index is 9.27. The molecule has 0 amide bonds. The molecular weight excluding hydrogens is 564 g/mol. The maximum Gasteiger partial charge on any atom is 0.102 e. The average Bonchev–Trinajstić information content (AvgIpc) is 3.11. The molecule has 0 heterocycles. The van der Waals surface area contributed by atoms with Gasteiger partial charge in [-0.1, -0.05) is 71.9 Å². The predicted octanol–water partition coefficient (Wildman–Crippen LogP) is 9.62. The van der Waals surface area contributed by atoms with E-state index in [-0.39, 0.29) is 0 Å². The van der Waals surface area contributed by atoms with Crippen LogP contribution in [0.1, 0.15) is 58.2 Å². The zero-order valence-electron chi connectivity index (χ0n) is 28.4. The van der Waals surface area contributed by atoms with Gasteiger partial charge in [-0.25, -0.2) is 0 Å². The number of hydrogen-bond acceptors (Lipinski definition) is 5. The lowest BCUT2D eigenvalue weighted by Gasteiger charge is -2.22. The van der Waals surface area contributed by atoms with Crippen LogP contribution in [0.4, 0.5) is 17.1 Å². The summed E-state index contributed by atoms with van der Waals surface area (Å²) in [7, 11) is 0. The van der Waals surface area contributed by atoms with Crippen LogP contribution in [0.5, 0.6) is 0 Å². The van der Waals surface area contributed by atoms with Gasteiger partial charge in [0.25, 0.3) is 0 Å². The maximum absolute atomic E-state index is 9.27. The number of allylic oxidation sites excluding steroid dienone is 9.